The molecular weight excluding hydrogens is 250 g/mol. The molecule has 20 heavy (non-hydrogen) atoms. The van der Waals surface area contributed by atoms with Crippen LogP contribution < -0.4 is 5.32 Å². The van der Waals surface area contributed by atoms with Crippen molar-refractivity contribution in [2.45, 2.75) is 39.5 Å². The summed E-state index contributed by atoms with van der Waals surface area (Å²) >= 11 is 0. The van der Waals surface area contributed by atoms with Gasteiger partial charge in [0, 0.05) is 16.9 Å². The molecule has 3 rings (SSSR count). The highest BCUT2D eigenvalue weighted by Crippen LogP contribution is 2.23. The Morgan fingerprint density at radius 2 is 2.05 bits per heavy atom. The number of fused-ring (bicyclic) bond motifs is 1. The van der Waals surface area contributed by atoms with Crippen LogP contribution in [0.4, 0.5) is 5.69 Å². The number of aryl methyl sites for hydroxylation is 3. The second-order valence-electron chi connectivity index (χ2n) is 5.51. The number of nitrogens with zero attached hydrogens (tertiary/aromatic N) is 1. The van der Waals surface area contributed by atoms with Gasteiger partial charge in [0.2, 0.25) is 0 Å². The first-order chi connectivity index (χ1) is 9.65. The van der Waals surface area contributed by atoms with Crippen molar-refractivity contribution in [3.63, 3.8) is 0 Å². The van der Waals surface area contributed by atoms with Crippen LogP contribution >= 0.6 is 0 Å². The van der Waals surface area contributed by atoms with Crippen LogP contribution in [0.5, 0.6) is 0 Å². The van der Waals surface area contributed by atoms with E-state index in [0.717, 1.165) is 47.3 Å². The largest absolute Gasteiger partial charge is 0.320 e. The number of benzene rings is 1. The summed E-state index contributed by atoms with van der Waals surface area (Å²) in [6.07, 6.45) is 4.25. The number of hydrogen-bond acceptors (Lipinski definition) is 2. The lowest BCUT2D eigenvalue weighted by atomic mass is 9.95. The average Bonchev–Trinajstić information content (AvgIpc) is 2.87. The van der Waals surface area contributed by atoms with Gasteiger partial charge in [-0.15, -0.1) is 0 Å². The van der Waals surface area contributed by atoms with Crippen LogP contribution in [0.15, 0.2) is 18.2 Å². The third-order valence-electron chi connectivity index (χ3n) is 3.91. The molecule has 1 aliphatic carbocycles. The van der Waals surface area contributed by atoms with Gasteiger partial charge in [-0.2, -0.15) is 5.10 Å². The quantitative estimate of drug-likeness (QED) is 0.879. The highest BCUT2D eigenvalue weighted by atomic mass is 16.1. The summed E-state index contributed by atoms with van der Waals surface area (Å²) in [5, 5.41) is 10.2. The zero-order chi connectivity index (χ0) is 14.1. The highest BCUT2D eigenvalue weighted by Gasteiger charge is 2.21. The predicted octanol–water partition coefficient (Wildman–Crippen LogP) is 3.16. The topological polar surface area (TPSA) is 57.8 Å². The normalized spacial score (nSPS) is 13.9. The molecule has 1 aliphatic rings. The van der Waals surface area contributed by atoms with Gasteiger partial charge in [0.25, 0.3) is 5.91 Å². The number of H-pyrrole nitrogens is 1. The second kappa shape index (κ2) is 5.12. The molecule has 1 aromatic heterocycles. The smallest absolute Gasteiger partial charge is 0.276 e. The van der Waals surface area contributed by atoms with Gasteiger partial charge in [-0.3, -0.25) is 9.89 Å². The molecule has 0 atom stereocenters. The Kier molecular flexibility index (Phi) is 3.30. The molecule has 0 saturated heterocycles. The van der Waals surface area contributed by atoms with E-state index in [2.05, 4.69) is 15.5 Å². The summed E-state index contributed by atoms with van der Waals surface area (Å²) in [6.45, 7) is 4.01. The molecule has 1 aromatic carbocycles. The van der Waals surface area contributed by atoms with Crippen LogP contribution in [0.3, 0.4) is 0 Å². The molecule has 1 amide bonds. The summed E-state index contributed by atoms with van der Waals surface area (Å²) in [5.74, 6) is -0.113. The van der Waals surface area contributed by atoms with Crippen LogP contribution in [-0.2, 0) is 12.8 Å². The van der Waals surface area contributed by atoms with E-state index < -0.39 is 0 Å². The van der Waals surface area contributed by atoms with E-state index in [1.807, 2.05) is 32.0 Å². The van der Waals surface area contributed by atoms with Crippen molar-refractivity contribution in [3.8, 4) is 0 Å². The van der Waals surface area contributed by atoms with E-state index in [-0.39, 0.29) is 5.91 Å². The molecule has 2 N–H and O–H groups in total. The maximum absolute atomic E-state index is 12.4. The minimum atomic E-state index is -0.113. The number of rotatable bonds is 2. The van der Waals surface area contributed by atoms with Crippen LogP contribution in [0.25, 0.3) is 0 Å². The number of amides is 1. The molecule has 0 unspecified atom stereocenters. The second-order valence-corrected chi connectivity index (χ2v) is 5.51. The van der Waals surface area contributed by atoms with Crippen LogP contribution in [0, 0.1) is 13.8 Å². The third kappa shape index (κ3) is 2.33. The molecule has 1 heterocycles. The van der Waals surface area contributed by atoms with Crippen molar-refractivity contribution >= 4 is 11.6 Å². The van der Waals surface area contributed by atoms with Crippen molar-refractivity contribution in [2.24, 2.45) is 0 Å². The van der Waals surface area contributed by atoms with Gasteiger partial charge >= 0.3 is 0 Å². The van der Waals surface area contributed by atoms with Gasteiger partial charge in [-0.25, -0.2) is 0 Å². The number of carbonyl (C=O) groups excluding carboxylic acids is 1. The monoisotopic (exact) mass is 269 g/mol. The van der Waals surface area contributed by atoms with Crippen LogP contribution in [-0.4, -0.2) is 16.1 Å². The molecule has 0 radical (unpaired) electrons. The third-order valence-corrected chi connectivity index (χ3v) is 3.91. The number of carbonyl (C=O) groups is 1. The highest BCUT2D eigenvalue weighted by molar-refractivity contribution is 6.04. The first kappa shape index (κ1) is 12.9. The van der Waals surface area contributed by atoms with E-state index in [4.69, 9.17) is 0 Å². The SMILES string of the molecule is Cc1ccc(C)c(NC(=O)c2n[nH]c3c2CCCC3)c1. The van der Waals surface area contributed by atoms with E-state index >= 15 is 0 Å². The summed E-state index contributed by atoms with van der Waals surface area (Å²) in [4.78, 5) is 12.4. The van der Waals surface area contributed by atoms with E-state index in [0.29, 0.717) is 5.69 Å². The van der Waals surface area contributed by atoms with Crippen molar-refractivity contribution in [3.05, 3.63) is 46.3 Å². The van der Waals surface area contributed by atoms with E-state index in [1.54, 1.807) is 0 Å². The molecule has 4 heteroatoms. The first-order valence-electron chi connectivity index (χ1n) is 7.10. The van der Waals surface area contributed by atoms with Gasteiger partial charge in [-0.1, -0.05) is 12.1 Å². The van der Waals surface area contributed by atoms with E-state index in [9.17, 15) is 4.79 Å². The van der Waals surface area contributed by atoms with E-state index in [1.165, 1.54) is 6.42 Å². The molecule has 0 saturated carbocycles. The number of anilines is 1. The number of nitrogens with one attached hydrogen (secondary N) is 2. The fourth-order valence-electron chi connectivity index (χ4n) is 2.72. The summed E-state index contributed by atoms with van der Waals surface area (Å²) < 4.78 is 0. The van der Waals surface area contributed by atoms with Crippen molar-refractivity contribution in [2.75, 3.05) is 5.32 Å². The summed E-state index contributed by atoms with van der Waals surface area (Å²) in [5.41, 5.74) is 5.84. The van der Waals surface area contributed by atoms with Crippen molar-refractivity contribution in [1.82, 2.24) is 10.2 Å². The Morgan fingerprint density at radius 1 is 1.25 bits per heavy atom. The molecular formula is C16H19N3O. The Labute approximate surface area is 118 Å². The van der Waals surface area contributed by atoms with Gasteiger partial charge < -0.3 is 5.32 Å². The fraction of sp³-hybridized carbons (Fsp3) is 0.375. The van der Waals surface area contributed by atoms with Crippen molar-refractivity contribution < 1.29 is 4.79 Å². The lowest BCUT2D eigenvalue weighted by Crippen LogP contribution is -2.16. The first-order valence-corrected chi connectivity index (χ1v) is 7.10. The molecule has 2 aromatic rings. The predicted molar refractivity (Wildman–Crippen MR) is 79.1 cm³/mol. The number of aromatic nitrogens is 2. The van der Waals surface area contributed by atoms with Crippen LogP contribution in [0.2, 0.25) is 0 Å². The Morgan fingerprint density at radius 3 is 2.90 bits per heavy atom. The molecule has 0 aliphatic heterocycles. The Balaban J connectivity index is 1.86. The van der Waals surface area contributed by atoms with Gasteiger partial charge in [-0.05, 0) is 56.7 Å². The van der Waals surface area contributed by atoms with Crippen LogP contribution in [0.1, 0.15) is 45.7 Å². The molecule has 0 bridgehead atoms. The minimum Gasteiger partial charge on any atom is -0.320 e. The minimum absolute atomic E-state index is 0.113. The maximum atomic E-state index is 12.4. The number of hydrogen-bond donors (Lipinski definition) is 2. The van der Waals surface area contributed by atoms with Gasteiger partial charge in [0.05, 0.1) is 0 Å². The molecule has 4 nitrogen and oxygen atoms in total. The molecule has 0 fully saturated rings. The lowest BCUT2D eigenvalue weighted by Gasteiger charge is -2.12. The zero-order valence-corrected chi connectivity index (χ0v) is 11.9. The molecule has 104 valence electrons. The van der Waals surface area contributed by atoms with Gasteiger partial charge in [0.15, 0.2) is 5.69 Å². The lowest BCUT2D eigenvalue weighted by molar-refractivity contribution is 0.102. The Bertz CT molecular complexity index is 658. The zero-order valence-electron chi connectivity index (χ0n) is 11.9. The Hall–Kier alpha value is -2.10. The average molecular weight is 269 g/mol. The van der Waals surface area contributed by atoms with Crippen molar-refractivity contribution in [1.29, 1.82) is 0 Å². The number of aromatic amines is 1. The maximum Gasteiger partial charge on any atom is 0.276 e. The fourth-order valence-corrected chi connectivity index (χ4v) is 2.72. The summed E-state index contributed by atoms with van der Waals surface area (Å²) in [6, 6.07) is 6.05. The standard InChI is InChI=1S/C16H19N3O/c1-10-7-8-11(2)14(9-10)17-16(20)15-12-5-3-4-6-13(12)18-19-15/h7-9H,3-6H2,1-2H3,(H,17,20)(H,18,19). The summed E-state index contributed by atoms with van der Waals surface area (Å²) in [7, 11) is 0. The molecule has 0 spiro atoms. The van der Waals surface area contributed by atoms with Gasteiger partial charge in [0.1, 0.15) is 0 Å².